The molecule has 17 heavy (non-hydrogen) atoms. The van der Waals surface area contributed by atoms with E-state index in [2.05, 4.69) is 10.4 Å². The fraction of sp³-hybridized carbons (Fsp3) is 0.231. The highest BCUT2D eigenvalue weighted by Crippen LogP contribution is 2.32. The summed E-state index contributed by atoms with van der Waals surface area (Å²) < 4.78 is 1.65. The van der Waals surface area contributed by atoms with Crippen LogP contribution in [0.2, 0.25) is 0 Å². The highest BCUT2D eigenvalue weighted by Gasteiger charge is 2.29. The van der Waals surface area contributed by atoms with Crippen LogP contribution in [0.5, 0.6) is 0 Å². The smallest absolute Gasteiger partial charge is 0.192 e. The van der Waals surface area contributed by atoms with Crippen LogP contribution in [0.4, 0.5) is 5.69 Å². The largest absolute Gasteiger partial charge is 0.384 e. The molecule has 1 unspecified atom stereocenters. The summed E-state index contributed by atoms with van der Waals surface area (Å²) in [6, 6.07) is 9.70. The highest BCUT2D eigenvalue weighted by molar-refractivity contribution is 6.01. The molecule has 0 aliphatic carbocycles. The molecule has 0 radical (unpaired) electrons. The predicted octanol–water partition coefficient (Wildman–Crippen LogP) is 1.81. The second-order valence-electron chi connectivity index (χ2n) is 4.26. The number of carbonyl (C=O) groups excluding carboxylic acids is 1. The van der Waals surface area contributed by atoms with E-state index in [1.54, 1.807) is 16.9 Å². The molecule has 1 atom stereocenters. The molecule has 86 valence electrons. The van der Waals surface area contributed by atoms with Gasteiger partial charge in [-0.2, -0.15) is 5.10 Å². The first-order valence-corrected chi connectivity index (χ1v) is 5.62. The Hall–Kier alpha value is -2.10. The molecule has 3 rings (SSSR count). The summed E-state index contributed by atoms with van der Waals surface area (Å²) in [4.78, 5) is 12.3. The SMILES string of the molecule is Cn1ccc(C(=O)C2CNc3ccccc32)n1. The third kappa shape index (κ3) is 1.62. The molecule has 0 amide bonds. The van der Waals surface area contributed by atoms with Crippen LogP contribution < -0.4 is 5.32 Å². The number of nitrogens with zero attached hydrogens (tertiary/aromatic N) is 2. The summed E-state index contributed by atoms with van der Waals surface area (Å²) in [5.74, 6) is -0.0239. The van der Waals surface area contributed by atoms with Crippen LogP contribution >= 0.6 is 0 Å². The van der Waals surface area contributed by atoms with E-state index in [-0.39, 0.29) is 11.7 Å². The molecule has 1 aromatic heterocycles. The molecular formula is C13H13N3O. The Morgan fingerprint density at radius 1 is 1.41 bits per heavy atom. The van der Waals surface area contributed by atoms with Gasteiger partial charge >= 0.3 is 0 Å². The molecule has 1 aliphatic rings. The number of hydrogen-bond acceptors (Lipinski definition) is 3. The van der Waals surface area contributed by atoms with Crippen molar-refractivity contribution < 1.29 is 4.79 Å². The average molecular weight is 227 g/mol. The van der Waals surface area contributed by atoms with Crippen molar-refractivity contribution in [3.8, 4) is 0 Å². The average Bonchev–Trinajstić information content (AvgIpc) is 2.94. The minimum absolute atomic E-state index is 0.0862. The maximum absolute atomic E-state index is 12.3. The highest BCUT2D eigenvalue weighted by atomic mass is 16.1. The van der Waals surface area contributed by atoms with Crippen LogP contribution in [0.15, 0.2) is 36.5 Å². The first-order valence-electron chi connectivity index (χ1n) is 5.62. The van der Waals surface area contributed by atoms with Crippen LogP contribution in [0.1, 0.15) is 22.0 Å². The normalized spacial score (nSPS) is 17.6. The van der Waals surface area contributed by atoms with Gasteiger partial charge in [0.25, 0.3) is 0 Å². The third-order valence-electron chi connectivity index (χ3n) is 3.12. The Balaban J connectivity index is 1.95. The van der Waals surface area contributed by atoms with E-state index in [0.717, 1.165) is 11.3 Å². The standard InChI is InChI=1S/C13H13N3O/c1-16-7-6-12(15-16)13(17)10-8-14-11-5-3-2-4-9(10)11/h2-7,10,14H,8H2,1H3. The molecule has 2 heterocycles. The number of ketones is 1. The molecule has 0 bridgehead atoms. The van der Waals surface area contributed by atoms with Crippen LogP contribution in [0.25, 0.3) is 0 Å². The first kappa shape index (κ1) is 10.1. The van der Waals surface area contributed by atoms with Gasteiger partial charge in [0.2, 0.25) is 0 Å². The van der Waals surface area contributed by atoms with E-state index in [1.807, 2.05) is 31.3 Å². The molecule has 4 nitrogen and oxygen atoms in total. The lowest BCUT2D eigenvalue weighted by Gasteiger charge is -2.06. The topological polar surface area (TPSA) is 46.9 Å². The number of aromatic nitrogens is 2. The second-order valence-corrected chi connectivity index (χ2v) is 4.26. The second kappa shape index (κ2) is 3.73. The van der Waals surface area contributed by atoms with Gasteiger partial charge in [-0.1, -0.05) is 18.2 Å². The Bertz CT molecular complexity index is 574. The molecule has 0 saturated carbocycles. The maximum Gasteiger partial charge on any atom is 0.192 e. The number of rotatable bonds is 2. The number of aryl methyl sites for hydroxylation is 1. The predicted molar refractivity (Wildman–Crippen MR) is 65.2 cm³/mol. The Kier molecular flexibility index (Phi) is 2.21. The van der Waals surface area contributed by atoms with Crippen LogP contribution in [-0.2, 0) is 7.05 Å². The van der Waals surface area contributed by atoms with E-state index in [0.29, 0.717) is 12.2 Å². The lowest BCUT2D eigenvalue weighted by molar-refractivity contribution is 0.0961. The molecule has 1 aliphatic heterocycles. The van der Waals surface area contributed by atoms with Gasteiger partial charge in [-0.15, -0.1) is 0 Å². The van der Waals surface area contributed by atoms with Gasteiger partial charge in [0.15, 0.2) is 5.78 Å². The van der Waals surface area contributed by atoms with Crippen molar-refractivity contribution in [1.29, 1.82) is 0 Å². The molecule has 1 N–H and O–H groups in total. The fourth-order valence-electron chi connectivity index (χ4n) is 2.24. The Morgan fingerprint density at radius 3 is 3.00 bits per heavy atom. The Morgan fingerprint density at radius 2 is 2.24 bits per heavy atom. The zero-order valence-corrected chi connectivity index (χ0v) is 9.55. The van der Waals surface area contributed by atoms with Crippen molar-refractivity contribution >= 4 is 11.5 Å². The quantitative estimate of drug-likeness (QED) is 0.796. The number of nitrogens with one attached hydrogen (secondary N) is 1. The van der Waals surface area contributed by atoms with Crippen molar-refractivity contribution in [2.24, 2.45) is 7.05 Å². The van der Waals surface area contributed by atoms with Gasteiger partial charge in [-0.3, -0.25) is 9.48 Å². The van der Waals surface area contributed by atoms with Crippen LogP contribution in [-0.4, -0.2) is 22.1 Å². The number of benzene rings is 1. The first-order chi connectivity index (χ1) is 8.25. The number of fused-ring (bicyclic) bond motifs is 1. The number of carbonyl (C=O) groups is 1. The monoisotopic (exact) mass is 227 g/mol. The molecule has 2 aromatic rings. The van der Waals surface area contributed by atoms with Gasteiger partial charge in [0.1, 0.15) is 5.69 Å². The van der Waals surface area contributed by atoms with E-state index >= 15 is 0 Å². The van der Waals surface area contributed by atoms with Crippen molar-refractivity contribution in [3.63, 3.8) is 0 Å². The summed E-state index contributed by atoms with van der Waals surface area (Å²) in [5, 5.41) is 7.42. The molecule has 0 spiro atoms. The van der Waals surface area contributed by atoms with Crippen molar-refractivity contribution in [2.45, 2.75) is 5.92 Å². The minimum atomic E-state index is -0.110. The van der Waals surface area contributed by atoms with E-state index < -0.39 is 0 Å². The van der Waals surface area contributed by atoms with Gasteiger partial charge in [0, 0.05) is 25.5 Å². The summed E-state index contributed by atoms with van der Waals surface area (Å²) >= 11 is 0. The van der Waals surface area contributed by atoms with Crippen molar-refractivity contribution in [3.05, 3.63) is 47.8 Å². The molecule has 4 heteroatoms. The summed E-state index contributed by atoms with van der Waals surface area (Å²) in [7, 11) is 1.82. The molecular weight excluding hydrogens is 214 g/mol. The third-order valence-corrected chi connectivity index (χ3v) is 3.12. The summed E-state index contributed by atoms with van der Waals surface area (Å²) in [5.41, 5.74) is 2.67. The minimum Gasteiger partial charge on any atom is -0.384 e. The lowest BCUT2D eigenvalue weighted by atomic mass is 9.95. The number of hydrogen-bond donors (Lipinski definition) is 1. The zero-order chi connectivity index (χ0) is 11.8. The number of anilines is 1. The molecule has 0 saturated heterocycles. The van der Waals surface area contributed by atoms with Crippen LogP contribution in [0.3, 0.4) is 0 Å². The summed E-state index contributed by atoms with van der Waals surface area (Å²) in [6.07, 6.45) is 1.79. The maximum atomic E-state index is 12.3. The van der Waals surface area contributed by atoms with Crippen LogP contribution in [0, 0.1) is 0 Å². The summed E-state index contributed by atoms with van der Waals surface area (Å²) in [6.45, 7) is 0.661. The van der Waals surface area contributed by atoms with Gasteiger partial charge in [-0.05, 0) is 17.7 Å². The van der Waals surface area contributed by atoms with Crippen molar-refractivity contribution in [1.82, 2.24) is 9.78 Å². The molecule has 1 aromatic carbocycles. The number of Topliss-reactive ketones (excluding diaryl/α,β-unsaturated/α-hetero) is 1. The van der Waals surface area contributed by atoms with E-state index in [9.17, 15) is 4.79 Å². The van der Waals surface area contributed by atoms with Gasteiger partial charge in [-0.25, -0.2) is 0 Å². The van der Waals surface area contributed by atoms with Gasteiger partial charge < -0.3 is 5.32 Å². The lowest BCUT2D eigenvalue weighted by Crippen LogP contribution is -2.15. The zero-order valence-electron chi connectivity index (χ0n) is 9.55. The van der Waals surface area contributed by atoms with Gasteiger partial charge in [0.05, 0.1) is 5.92 Å². The fourth-order valence-corrected chi connectivity index (χ4v) is 2.24. The number of para-hydroxylation sites is 1. The Labute approximate surface area is 99.3 Å². The molecule has 0 fully saturated rings. The van der Waals surface area contributed by atoms with E-state index in [1.165, 1.54) is 0 Å². The van der Waals surface area contributed by atoms with Crippen molar-refractivity contribution in [2.75, 3.05) is 11.9 Å². The van der Waals surface area contributed by atoms with E-state index in [4.69, 9.17) is 0 Å².